The van der Waals surface area contributed by atoms with Crippen LogP contribution >= 0.6 is 46.4 Å². The van der Waals surface area contributed by atoms with Crippen molar-refractivity contribution in [2.24, 2.45) is 5.92 Å². The number of carbonyl (C=O) groups is 2. The molecule has 2 aromatic carbocycles. The van der Waals surface area contributed by atoms with Gasteiger partial charge in [-0.25, -0.2) is 4.39 Å². The van der Waals surface area contributed by atoms with Gasteiger partial charge in [0.25, 0.3) is 5.91 Å². The van der Waals surface area contributed by atoms with E-state index in [-0.39, 0.29) is 5.69 Å². The van der Waals surface area contributed by atoms with Gasteiger partial charge in [0.1, 0.15) is 15.8 Å². The Labute approximate surface area is 202 Å². The molecule has 1 saturated carbocycles. The van der Waals surface area contributed by atoms with Gasteiger partial charge in [-0.15, -0.1) is 23.2 Å². The van der Waals surface area contributed by atoms with Crippen LogP contribution in [0.15, 0.2) is 60.8 Å². The Balaban J connectivity index is 1.47. The first-order chi connectivity index (χ1) is 15.1. The highest BCUT2D eigenvalue weighted by atomic mass is 35.5. The molecular formula is C22H14Cl4FN3O2. The molecule has 2 atom stereocenters. The minimum atomic E-state index is -1.33. The summed E-state index contributed by atoms with van der Waals surface area (Å²) in [4.78, 5) is 29.3. The van der Waals surface area contributed by atoms with Crippen LogP contribution in [-0.2, 0) is 4.79 Å². The van der Waals surface area contributed by atoms with Gasteiger partial charge in [-0.05, 0) is 60.2 Å². The molecule has 2 amide bonds. The fourth-order valence-electron chi connectivity index (χ4n) is 3.40. The third kappa shape index (κ3) is 4.84. The van der Waals surface area contributed by atoms with Crippen molar-refractivity contribution in [3.63, 3.8) is 0 Å². The van der Waals surface area contributed by atoms with Crippen molar-refractivity contribution in [1.29, 1.82) is 0 Å². The van der Waals surface area contributed by atoms with Crippen LogP contribution in [0.5, 0.6) is 0 Å². The first-order valence-corrected chi connectivity index (χ1v) is 10.8. The second kappa shape index (κ2) is 8.87. The number of hydrogen-bond acceptors (Lipinski definition) is 3. The molecule has 1 aromatic heterocycles. The number of rotatable bonds is 5. The van der Waals surface area contributed by atoms with Crippen LogP contribution in [0, 0.1) is 11.7 Å². The van der Waals surface area contributed by atoms with Crippen LogP contribution in [0.4, 0.5) is 15.8 Å². The second-order valence-electron chi connectivity index (χ2n) is 7.21. The molecule has 0 unspecified atom stereocenters. The Bertz CT molecular complexity index is 1180. The maximum absolute atomic E-state index is 13.0. The summed E-state index contributed by atoms with van der Waals surface area (Å²) in [5, 5.41) is 6.14. The largest absolute Gasteiger partial charge is 0.326 e. The highest BCUT2D eigenvalue weighted by molar-refractivity contribution is 6.53. The molecule has 4 rings (SSSR count). The molecule has 3 aromatic rings. The summed E-state index contributed by atoms with van der Waals surface area (Å²) in [6.07, 6.45) is 1.38. The fourth-order valence-corrected chi connectivity index (χ4v) is 4.77. The van der Waals surface area contributed by atoms with E-state index in [1.807, 2.05) is 0 Å². The van der Waals surface area contributed by atoms with E-state index in [9.17, 15) is 14.0 Å². The zero-order valence-electron chi connectivity index (χ0n) is 16.1. The molecule has 1 fully saturated rings. The number of anilines is 2. The van der Waals surface area contributed by atoms with Crippen molar-refractivity contribution in [3.05, 3.63) is 87.9 Å². The quantitative estimate of drug-likeness (QED) is 0.394. The summed E-state index contributed by atoms with van der Waals surface area (Å²) in [6, 6.07) is 13.1. The number of nitrogens with one attached hydrogen (secondary N) is 2. The Morgan fingerprint density at radius 1 is 0.906 bits per heavy atom. The first kappa shape index (κ1) is 22.8. The summed E-state index contributed by atoms with van der Waals surface area (Å²) < 4.78 is 11.7. The zero-order valence-corrected chi connectivity index (χ0v) is 19.1. The predicted molar refractivity (Wildman–Crippen MR) is 124 cm³/mol. The van der Waals surface area contributed by atoms with Gasteiger partial charge in [-0.2, -0.15) is 0 Å². The molecular weight excluding hydrogens is 499 g/mol. The minimum Gasteiger partial charge on any atom is -0.326 e. The van der Waals surface area contributed by atoms with Gasteiger partial charge in [0, 0.05) is 33.5 Å². The Morgan fingerprint density at radius 2 is 1.56 bits per heavy atom. The Hall–Kier alpha value is -2.38. The molecule has 0 spiro atoms. The van der Waals surface area contributed by atoms with Gasteiger partial charge < -0.3 is 10.6 Å². The average Bonchev–Trinajstić information content (AvgIpc) is 3.31. The van der Waals surface area contributed by atoms with Crippen molar-refractivity contribution in [3.8, 4) is 0 Å². The van der Waals surface area contributed by atoms with Crippen molar-refractivity contribution >= 4 is 69.6 Å². The minimum absolute atomic E-state index is 0.0594. The lowest BCUT2D eigenvalue weighted by atomic mass is 10.1. The molecule has 1 heterocycles. The Kier molecular flexibility index (Phi) is 6.32. The summed E-state index contributed by atoms with van der Waals surface area (Å²) >= 11 is 24.8. The van der Waals surface area contributed by atoms with Crippen LogP contribution in [-0.4, -0.2) is 21.1 Å². The third-order valence-electron chi connectivity index (χ3n) is 4.94. The van der Waals surface area contributed by atoms with Crippen LogP contribution in [0.2, 0.25) is 10.0 Å². The van der Waals surface area contributed by atoms with E-state index in [0.29, 0.717) is 27.0 Å². The molecule has 5 nitrogen and oxygen atoms in total. The van der Waals surface area contributed by atoms with Crippen LogP contribution in [0.1, 0.15) is 22.0 Å². The lowest BCUT2D eigenvalue weighted by Gasteiger charge is -2.08. The number of amides is 2. The van der Waals surface area contributed by atoms with E-state index < -0.39 is 33.8 Å². The van der Waals surface area contributed by atoms with E-state index in [1.165, 1.54) is 42.6 Å². The van der Waals surface area contributed by atoms with Crippen molar-refractivity contribution < 1.29 is 14.0 Å². The summed E-state index contributed by atoms with van der Waals surface area (Å²) in [5.74, 6) is -2.60. The smallest absolute Gasteiger partial charge is 0.274 e. The summed E-state index contributed by atoms with van der Waals surface area (Å²) in [7, 11) is 0. The molecule has 0 radical (unpaired) electrons. The summed E-state index contributed by atoms with van der Waals surface area (Å²) in [5.41, 5.74) is 1.46. The highest BCUT2D eigenvalue weighted by Gasteiger charge is 2.67. The van der Waals surface area contributed by atoms with E-state index in [4.69, 9.17) is 46.4 Å². The monoisotopic (exact) mass is 511 g/mol. The van der Waals surface area contributed by atoms with Crippen molar-refractivity contribution in [2.75, 3.05) is 10.6 Å². The molecule has 1 aliphatic carbocycles. The van der Waals surface area contributed by atoms with E-state index >= 15 is 0 Å². The second-order valence-corrected chi connectivity index (χ2v) is 9.53. The topological polar surface area (TPSA) is 71.1 Å². The molecule has 0 bridgehead atoms. The van der Waals surface area contributed by atoms with Gasteiger partial charge in [0.2, 0.25) is 5.91 Å². The number of nitrogens with zero attached hydrogens (tertiary/aromatic N) is 1. The lowest BCUT2D eigenvalue weighted by Crippen LogP contribution is -2.18. The van der Waals surface area contributed by atoms with Gasteiger partial charge in [0.05, 0.1) is 5.92 Å². The summed E-state index contributed by atoms with van der Waals surface area (Å²) in [6.45, 7) is 0. The lowest BCUT2D eigenvalue weighted by molar-refractivity contribution is -0.117. The third-order valence-corrected chi connectivity index (χ3v) is 6.32. The van der Waals surface area contributed by atoms with Crippen LogP contribution in [0.25, 0.3) is 0 Å². The number of halogens is 5. The molecule has 0 aliphatic heterocycles. The number of alkyl halides is 2. The average molecular weight is 513 g/mol. The number of pyridine rings is 1. The van der Waals surface area contributed by atoms with E-state index in [2.05, 4.69) is 15.6 Å². The maximum Gasteiger partial charge on any atom is 0.274 e. The number of hydrogen-bond donors (Lipinski definition) is 2. The number of aromatic nitrogens is 1. The van der Waals surface area contributed by atoms with Gasteiger partial charge >= 0.3 is 0 Å². The highest BCUT2D eigenvalue weighted by Crippen LogP contribution is 2.65. The fraction of sp³-hybridized carbons (Fsp3) is 0.136. The Morgan fingerprint density at radius 3 is 2.22 bits per heavy atom. The van der Waals surface area contributed by atoms with Crippen LogP contribution < -0.4 is 10.6 Å². The first-order valence-electron chi connectivity index (χ1n) is 9.33. The zero-order chi connectivity index (χ0) is 23.0. The normalized spacial score (nSPS) is 18.7. The molecule has 10 heteroatoms. The predicted octanol–water partition coefficient (Wildman–Crippen LogP) is 6.31. The van der Waals surface area contributed by atoms with Crippen molar-refractivity contribution in [2.45, 2.75) is 10.3 Å². The molecule has 1 aliphatic rings. The standard InChI is InChI=1S/C22H14Cl4FN3O2/c23-12-7-11(8-13(24)9-12)18-19(22(18,25)26)21(32)30-16-5-6-28-17(10-16)20(31)29-15-3-1-14(27)2-4-15/h1-10,18-19H,(H,29,31)(H,28,30,32)/t18-,19+/m0/s1. The maximum atomic E-state index is 13.0. The SMILES string of the molecule is O=C(Nc1ccc(F)cc1)c1cc(NC(=O)[C@H]2[C@H](c3cc(Cl)cc(Cl)c3)C2(Cl)Cl)ccn1. The van der Waals surface area contributed by atoms with Gasteiger partial charge in [0.15, 0.2) is 0 Å². The number of benzene rings is 2. The van der Waals surface area contributed by atoms with Crippen LogP contribution in [0.3, 0.4) is 0 Å². The molecule has 32 heavy (non-hydrogen) atoms. The number of carbonyl (C=O) groups excluding carboxylic acids is 2. The molecule has 0 saturated heterocycles. The van der Waals surface area contributed by atoms with E-state index in [0.717, 1.165) is 0 Å². The van der Waals surface area contributed by atoms with Crippen molar-refractivity contribution in [1.82, 2.24) is 4.98 Å². The van der Waals surface area contributed by atoms with Gasteiger partial charge in [-0.3, -0.25) is 14.6 Å². The van der Waals surface area contributed by atoms with Gasteiger partial charge in [-0.1, -0.05) is 23.2 Å². The van der Waals surface area contributed by atoms with E-state index in [1.54, 1.807) is 18.2 Å². The molecule has 164 valence electrons. The molecule has 2 N–H and O–H groups in total.